The third kappa shape index (κ3) is 4.29. The van der Waals surface area contributed by atoms with E-state index in [-0.39, 0.29) is 24.2 Å². The van der Waals surface area contributed by atoms with Crippen LogP contribution < -0.4 is 15.1 Å². The van der Waals surface area contributed by atoms with Crippen LogP contribution in [0.15, 0.2) is 48.5 Å². The smallest absolute Gasteiger partial charge is 0.229 e. The van der Waals surface area contributed by atoms with Crippen molar-refractivity contribution in [3.8, 4) is 0 Å². The van der Waals surface area contributed by atoms with Crippen LogP contribution in [0.3, 0.4) is 0 Å². The van der Waals surface area contributed by atoms with Crippen LogP contribution in [-0.2, 0) is 9.59 Å². The summed E-state index contributed by atoms with van der Waals surface area (Å²) >= 11 is 0. The molecule has 152 valence electrons. The third-order valence-corrected chi connectivity index (χ3v) is 5.97. The van der Waals surface area contributed by atoms with E-state index >= 15 is 0 Å². The van der Waals surface area contributed by atoms with Crippen LogP contribution in [0, 0.1) is 5.92 Å². The van der Waals surface area contributed by atoms with Crippen LogP contribution in [-0.4, -0.2) is 31.4 Å². The van der Waals surface area contributed by atoms with Gasteiger partial charge in [-0.1, -0.05) is 26.0 Å². The van der Waals surface area contributed by atoms with E-state index in [9.17, 15) is 9.59 Å². The van der Waals surface area contributed by atoms with Gasteiger partial charge in [-0.2, -0.15) is 0 Å². The fourth-order valence-corrected chi connectivity index (χ4v) is 4.15. The summed E-state index contributed by atoms with van der Waals surface area (Å²) in [5.41, 5.74) is 4.09. The maximum absolute atomic E-state index is 12.7. The van der Waals surface area contributed by atoms with Crippen molar-refractivity contribution in [2.24, 2.45) is 5.92 Å². The van der Waals surface area contributed by atoms with Crippen LogP contribution in [0.25, 0.3) is 0 Å². The molecule has 1 atom stereocenters. The lowest BCUT2D eigenvalue weighted by molar-refractivity contribution is -0.122. The molecule has 2 aliphatic rings. The van der Waals surface area contributed by atoms with E-state index in [4.69, 9.17) is 0 Å². The molecule has 0 bridgehead atoms. The van der Waals surface area contributed by atoms with Gasteiger partial charge in [0.25, 0.3) is 0 Å². The van der Waals surface area contributed by atoms with Crippen molar-refractivity contribution >= 4 is 28.9 Å². The summed E-state index contributed by atoms with van der Waals surface area (Å²) in [5.74, 6) is 0.0413. The van der Waals surface area contributed by atoms with Crippen LogP contribution in [0.5, 0.6) is 0 Å². The van der Waals surface area contributed by atoms with Crippen molar-refractivity contribution in [2.75, 3.05) is 34.8 Å². The maximum atomic E-state index is 12.7. The standard InChI is InChI=1S/C24H29N3O2/c1-17(2)18-5-9-22(10-6-18)27-16-19(15-23(27)28)24(29)25-20-7-11-21(12-8-20)26-13-3-4-14-26/h5-12,17,19H,3-4,13-16H2,1-2H3,(H,25,29). The number of benzene rings is 2. The molecule has 2 amide bonds. The molecule has 2 heterocycles. The minimum absolute atomic E-state index is 0.00632. The lowest BCUT2D eigenvalue weighted by Crippen LogP contribution is -2.28. The van der Waals surface area contributed by atoms with Crippen molar-refractivity contribution in [3.05, 3.63) is 54.1 Å². The minimum atomic E-state index is -0.328. The molecule has 0 spiro atoms. The number of carbonyl (C=O) groups excluding carboxylic acids is 2. The molecule has 1 unspecified atom stereocenters. The van der Waals surface area contributed by atoms with Crippen LogP contribution in [0.1, 0.15) is 44.6 Å². The molecular weight excluding hydrogens is 362 g/mol. The molecule has 2 fully saturated rings. The Hall–Kier alpha value is -2.82. The zero-order chi connectivity index (χ0) is 20.4. The van der Waals surface area contributed by atoms with Gasteiger partial charge >= 0.3 is 0 Å². The fraction of sp³-hybridized carbons (Fsp3) is 0.417. The highest BCUT2D eigenvalue weighted by Crippen LogP contribution is 2.28. The lowest BCUT2D eigenvalue weighted by Gasteiger charge is -2.19. The highest BCUT2D eigenvalue weighted by molar-refractivity contribution is 6.03. The molecule has 29 heavy (non-hydrogen) atoms. The normalized spacial score (nSPS) is 19.3. The van der Waals surface area contributed by atoms with E-state index in [2.05, 4.69) is 48.3 Å². The number of amides is 2. The number of rotatable bonds is 5. The first kappa shape index (κ1) is 19.5. The summed E-state index contributed by atoms with van der Waals surface area (Å²) in [6.07, 6.45) is 2.74. The van der Waals surface area contributed by atoms with Crippen LogP contribution in [0.4, 0.5) is 17.1 Å². The van der Waals surface area contributed by atoms with Crippen molar-refractivity contribution in [3.63, 3.8) is 0 Å². The van der Waals surface area contributed by atoms with E-state index in [0.717, 1.165) is 24.5 Å². The quantitative estimate of drug-likeness (QED) is 0.822. The van der Waals surface area contributed by atoms with Crippen LogP contribution in [0.2, 0.25) is 0 Å². The zero-order valence-electron chi connectivity index (χ0n) is 17.2. The molecule has 4 rings (SSSR count). The molecule has 0 saturated carbocycles. The first-order chi connectivity index (χ1) is 14.0. The minimum Gasteiger partial charge on any atom is -0.372 e. The SMILES string of the molecule is CC(C)c1ccc(N2CC(C(=O)Nc3ccc(N4CCCC4)cc3)CC2=O)cc1. The summed E-state index contributed by atoms with van der Waals surface area (Å²) < 4.78 is 0. The van der Waals surface area contributed by atoms with E-state index in [0.29, 0.717) is 12.5 Å². The molecule has 2 aromatic rings. The van der Waals surface area contributed by atoms with E-state index in [1.54, 1.807) is 4.90 Å². The van der Waals surface area contributed by atoms with Gasteiger partial charge in [0.05, 0.1) is 5.92 Å². The largest absolute Gasteiger partial charge is 0.372 e. The van der Waals surface area contributed by atoms with Gasteiger partial charge < -0.3 is 15.1 Å². The summed E-state index contributed by atoms with van der Waals surface area (Å²) in [4.78, 5) is 29.3. The second-order valence-corrected chi connectivity index (χ2v) is 8.38. The number of hydrogen-bond acceptors (Lipinski definition) is 3. The Balaban J connectivity index is 1.37. The monoisotopic (exact) mass is 391 g/mol. The number of nitrogens with one attached hydrogen (secondary N) is 1. The van der Waals surface area contributed by atoms with Gasteiger partial charge in [0.15, 0.2) is 0 Å². The van der Waals surface area contributed by atoms with Crippen molar-refractivity contribution < 1.29 is 9.59 Å². The summed E-state index contributed by atoms with van der Waals surface area (Å²) in [5, 5.41) is 2.98. The van der Waals surface area contributed by atoms with Gasteiger partial charge in [0.1, 0.15) is 0 Å². The number of anilines is 3. The molecule has 2 saturated heterocycles. The third-order valence-electron chi connectivity index (χ3n) is 5.97. The predicted molar refractivity (Wildman–Crippen MR) is 118 cm³/mol. The topological polar surface area (TPSA) is 52.7 Å². The molecule has 5 heteroatoms. The predicted octanol–water partition coefficient (Wildman–Crippen LogP) is 4.40. The summed E-state index contributed by atoms with van der Waals surface area (Å²) in [6.45, 7) is 6.92. The van der Waals surface area contributed by atoms with Crippen molar-refractivity contribution in [1.29, 1.82) is 0 Å². The Kier molecular flexibility index (Phi) is 5.56. The maximum Gasteiger partial charge on any atom is 0.229 e. The van der Waals surface area contributed by atoms with Gasteiger partial charge in [-0.15, -0.1) is 0 Å². The highest BCUT2D eigenvalue weighted by Gasteiger charge is 2.35. The van der Waals surface area contributed by atoms with E-state index in [1.165, 1.54) is 24.1 Å². The first-order valence-electron chi connectivity index (χ1n) is 10.6. The van der Waals surface area contributed by atoms with E-state index in [1.807, 2.05) is 24.3 Å². The van der Waals surface area contributed by atoms with Crippen molar-refractivity contribution in [1.82, 2.24) is 0 Å². The van der Waals surface area contributed by atoms with E-state index < -0.39 is 0 Å². The highest BCUT2D eigenvalue weighted by atomic mass is 16.2. The van der Waals surface area contributed by atoms with Gasteiger partial charge in [-0.25, -0.2) is 0 Å². The van der Waals surface area contributed by atoms with Gasteiger partial charge in [-0.05, 0) is 60.7 Å². The number of carbonyl (C=O) groups is 2. The molecule has 2 aromatic carbocycles. The van der Waals surface area contributed by atoms with Gasteiger partial charge in [0.2, 0.25) is 11.8 Å². The average molecular weight is 392 g/mol. The second-order valence-electron chi connectivity index (χ2n) is 8.38. The average Bonchev–Trinajstić information content (AvgIpc) is 3.39. The van der Waals surface area contributed by atoms with Gasteiger partial charge in [-0.3, -0.25) is 9.59 Å². The molecule has 0 aromatic heterocycles. The fourth-order valence-electron chi connectivity index (χ4n) is 4.15. The summed E-state index contributed by atoms with van der Waals surface area (Å²) in [6, 6.07) is 16.1. The second kappa shape index (κ2) is 8.27. The Morgan fingerprint density at radius 3 is 2.21 bits per heavy atom. The lowest BCUT2D eigenvalue weighted by atomic mass is 10.0. The van der Waals surface area contributed by atoms with Gasteiger partial charge in [0, 0.05) is 43.1 Å². The Labute approximate surface area is 172 Å². The molecule has 0 aliphatic carbocycles. The molecule has 0 radical (unpaired) electrons. The van der Waals surface area contributed by atoms with Crippen molar-refractivity contribution in [2.45, 2.75) is 39.0 Å². The molecular formula is C24H29N3O2. The Bertz CT molecular complexity index is 868. The molecule has 1 N–H and O–H groups in total. The first-order valence-corrected chi connectivity index (χ1v) is 10.6. The summed E-state index contributed by atoms with van der Waals surface area (Å²) in [7, 11) is 0. The van der Waals surface area contributed by atoms with Crippen LogP contribution >= 0.6 is 0 Å². The number of nitrogens with zero attached hydrogens (tertiary/aromatic N) is 2. The Morgan fingerprint density at radius 1 is 0.966 bits per heavy atom. The number of hydrogen-bond donors (Lipinski definition) is 1. The Morgan fingerprint density at radius 2 is 1.59 bits per heavy atom. The molecule has 2 aliphatic heterocycles. The molecule has 5 nitrogen and oxygen atoms in total. The zero-order valence-corrected chi connectivity index (χ0v) is 17.2.